The number of hydrogen-bond acceptors (Lipinski definition) is 5. The number of alkyl carbamates (subject to hydrolysis) is 1. The summed E-state index contributed by atoms with van der Waals surface area (Å²) in [6.07, 6.45) is 0.116. The van der Waals surface area contributed by atoms with E-state index in [-0.39, 0.29) is 26.2 Å². The molecule has 0 saturated heterocycles. The van der Waals surface area contributed by atoms with E-state index in [0.29, 0.717) is 6.16 Å². The van der Waals surface area contributed by atoms with Crippen LogP contribution in [0, 0.1) is 0 Å². The second kappa shape index (κ2) is 15.5. The summed E-state index contributed by atoms with van der Waals surface area (Å²) < 4.78 is 10.7. The zero-order valence-electron chi connectivity index (χ0n) is 23.6. The minimum absolute atomic E-state index is 0.140. The molecule has 0 spiro atoms. The average molecular weight is 584 g/mol. The van der Waals surface area contributed by atoms with Crippen LogP contribution >= 0.6 is 7.26 Å². The van der Waals surface area contributed by atoms with Gasteiger partial charge in [-0.25, -0.2) is 4.79 Å². The van der Waals surface area contributed by atoms with Crippen LogP contribution < -0.4 is 26.5 Å². The number of ether oxygens (including phenoxy) is 2. The number of rotatable bonds is 13. The largest absolute Gasteiger partial charge is 0.465 e. The monoisotopic (exact) mass is 583 g/mol. The third kappa shape index (κ3) is 8.05. The number of carbonyl (C=O) groups excluding carboxylic acids is 3. The number of esters is 1. The summed E-state index contributed by atoms with van der Waals surface area (Å²) in [6, 6.07) is 39.4. The molecule has 216 valence electrons. The molecule has 4 rings (SSSR count). The molecule has 1 unspecified atom stereocenters. The van der Waals surface area contributed by atoms with Crippen molar-refractivity contribution in [2.45, 2.75) is 19.4 Å². The fourth-order valence-electron chi connectivity index (χ4n) is 4.89. The van der Waals surface area contributed by atoms with Gasteiger partial charge >= 0.3 is 12.1 Å². The maximum Gasteiger partial charge on any atom is 0.407 e. The molecule has 4 aromatic carbocycles. The maximum absolute atomic E-state index is 13.1. The van der Waals surface area contributed by atoms with Crippen LogP contribution in [0.15, 0.2) is 121 Å². The highest BCUT2D eigenvalue weighted by atomic mass is 31.2. The van der Waals surface area contributed by atoms with Crippen LogP contribution in [-0.4, -0.2) is 49.9 Å². The van der Waals surface area contributed by atoms with Crippen molar-refractivity contribution in [2.75, 3.05) is 25.9 Å². The fraction of sp³-hybridized carbons (Fsp3) is 0.206. The normalized spacial score (nSPS) is 11.6. The van der Waals surface area contributed by atoms with Gasteiger partial charge in [-0.2, -0.15) is 0 Å². The lowest BCUT2D eigenvalue weighted by atomic mass is 10.1. The van der Waals surface area contributed by atoms with E-state index in [4.69, 9.17) is 9.47 Å². The van der Waals surface area contributed by atoms with Crippen molar-refractivity contribution in [3.8, 4) is 0 Å². The van der Waals surface area contributed by atoms with Crippen LogP contribution in [-0.2, 0) is 25.5 Å². The Balaban J connectivity index is 1.52. The molecule has 0 aliphatic rings. The van der Waals surface area contributed by atoms with Gasteiger partial charge in [0, 0.05) is 6.42 Å². The second-order valence-electron chi connectivity index (χ2n) is 9.59. The first kappa shape index (κ1) is 30.5. The molecule has 2 amide bonds. The second-order valence-corrected chi connectivity index (χ2v) is 13.2. The molecule has 0 radical (unpaired) electrons. The topological polar surface area (TPSA) is 93.7 Å². The number of hydrogen-bond donors (Lipinski definition) is 2. The predicted molar refractivity (Wildman–Crippen MR) is 168 cm³/mol. The van der Waals surface area contributed by atoms with Gasteiger partial charge in [-0.15, -0.1) is 0 Å². The molecule has 0 saturated carbocycles. The molecule has 7 nitrogen and oxygen atoms in total. The van der Waals surface area contributed by atoms with E-state index < -0.39 is 31.3 Å². The molecule has 0 bridgehead atoms. The lowest BCUT2D eigenvalue weighted by molar-refractivity contribution is -0.143. The van der Waals surface area contributed by atoms with Crippen molar-refractivity contribution in [1.29, 1.82) is 0 Å². The molecule has 2 N–H and O–H groups in total. The Morgan fingerprint density at radius 1 is 0.690 bits per heavy atom. The van der Waals surface area contributed by atoms with Gasteiger partial charge in [0.05, 0.1) is 6.61 Å². The van der Waals surface area contributed by atoms with Crippen LogP contribution in [0.4, 0.5) is 4.79 Å². The molecule has 0 aliphatic heterocycles. The van der Waals surface area contributed by atoms with Crippen molar-refractivity contribution in [3.05, 3.63) is 127 Å². The zero-order valence-corrected chi connectivity index (χ0v) is 24.5. The van der Waals surface area contributed by atoms with Crippen molar-refractivity contribution >= 4 is 41.1 Å². The Morgan fingerprint density at radius 3 is 1.64 bits per heavy atom. The van der Waals surface area contributed by atoms with E-state index in [9.17, 15) is 14.4 Å². The van der Waals surface area contributed by atoms with Gasteiger partial charge in [-0.3, -0.25) is 9.59 Å². The van der Waals surface area contributed by atoms with Gasteiger partial charge in [-0.05, 0) is 48.9 Å². The van der Waals surface area contributed by atoms with Crippen LogP contribution in [0.3, 0.4) is 0 Å². The Kier molecular flexibility index (Phi) is 11.2. The Labute approximate surface area is 247 Å². The van der Waals surface area contributed by atoms with E-state index >= 15 is 0 Å². The van der Waals surface area contributed by atoms with Gasteiger partial charge < -0.3 is 20.1 Å². The Morgan fingerprint density at radius 2 is 1.17 bits per heavy atom. The minimum Gasteiger partial charge on any atom is -0.465 e. The summed E-state index contributed by atoms with van der Waals surface area (Å²) in [4.78, 5) is 37.9. The summed E-state index contributed by atoms with van der Waals surface area (Å²) in [6.45, 7) is 1.76. The molecule has 0 aliphatic carbocycles. The van der Waals surface area contributed by atoms with Crippen molar-refractivity contribution in [3.63, 3.8) is 0 Å². The molecular formula is C34H36N2O5P+. The molecule has 1 atom stereocenters. The van der Waals surface area contributed by atoms with Gasteiger partial charge in [0.1, 0.15) is 48.5 Å². The van der Waals surface area contributed by atoms with E-state index in [1.165, 1.54) is 15.9 Å². The molecular weight excluding hydrogens is 547 g/mol. The molecule has 4 aromatic rings. The van der Waals surface area contributed by atoms with Crippen LogP contribution in [0.5, 0.6) is 0 Å². The van der Waals surface area contributed by atoms with E-state index in [0.717, 1.165) is 5.56 Å². The third-order valence-corrected chi connectivity index (χ3v) is 11.2. The van der Waals surface area contributed by atoms with Crippen molar-refractivity contribution in [2.24, 2.45) is 0 Å². The first-order chi connectivity index (χ1) is 20.5. The SMILES string of the molecule is CCOC(=O)CNC(=O)C(Cc1ccccc1)NC(=O)OCC[P+](c1ccccc1)(c1ccccc1)c1ccccc1. The number of benzene rings is 4. The third-order valence-electron chi connectivity index (χ3n) is 6.85. The van der Waals surface area contributed by atoms with Gasteiger partial charge in [0.25, 0.3) is 0 Å². The van der Waals surface area contributed by atoms with E-state index in [1.54, 1.807) is 6.92 Å². The molecule has 8 heteroatoms. The van der Waals surface area contributed by atoms with E-state index in [2.05, 4.69) is 47.0 Å². The van der Waals surface area contributed by atoms with Crippen LogP contribution in [0.25, 0.3) is 0 Å². The highest BCUT2D eigenvalue weighted by Crippen LogP contribution is 2.54. The quantitative estimate of drug-likeness (QED) is 0.183. The average Bonchev–Trinajstić information content (AvgIpc) is 3.03. The maximum atomic E-state index is 13.1. The fourth-order valence-corrected chi connectivity index (χ4v) is 8.97. The van der Waals surface area contributed by atoms with Crippen molar-refractivity contribution < 1.29 is 23.9 Å². The highest BCUT2D eigenvalue weighted by Gasteiger charge is 2.45. The summed E-state index contributed by atoms with van der Waals surface area (Å²) >= 11 is 0. The standard InChI is InChI=1S/C34H35N2O5P/c1-2-40-32(37)26-35-33(38)31(25-27-15-7-3-8-16-27)36-34(39)41-23-24-42(28-17-9-4-10-18-28,29-19-11-5-12-20-29)30-21-13-6-14-22-30/h3-22,31H,2,23-26H2,1H3,(H-,35,36,38,39)/p+1. The first-order valence-corrected chi connectivity index (χ1v) is 16.0. The highest BCUT2D eigenvalue weighted by molar-refractivity contribution is 7.95. The zero-order chi connectivity index (χ0) is 29.6. The van der Waals surface area contributed by atoms with Gasteiger partial charge in [0.2, 0.25) is 5.91 Å². The molecule has 42 heavy (non-hydrogen) atoms. The lowest BCUT2D eigenvalue weighted by Crippen LogP contribution is -2.49. The minimum atomic E-state index is -2.18. The summed E-state index contributed by atoms with van der Waals surface area (Å²) in [5.74, 6) is -1.04. The molecule has 0 fully saturated rings. The number of nitrogens with one attached hydrogen (secondary N) is 2. The van der Waals surface area contributed by atoms with Gasteiger partial charge in [-0.1, -0.05) is 84.9 Å². The Hall–Kier alpha value is -4.48. The first-order valence-electron chi connectivity index (χ1n) is 14.0. The smallest absolute Gasteiger partial charge is 0.407 e. The molecule has 0 heterocycles. The Bertz CT molecular complexity index is 1320. The van der Waals surface area contributed by atoms with Crippen LogP contribution in [0.1, 0.15) is 12.5 Å². The summed E-state index contributed by atoms with van der Waals surface area (Å²) in [5.41, 5.74) is 0.858. The van der Waals surface area contributed by atoms with Crippen molar-refractivity contribution in [1.82, 2.24) is 10.6 Å². The van der Waals surface area contributed by atoms with Crippen LogP contribution in [0.2, 0.25) is 0 Å². The summed E-state index contributed by atoms with van der Waals surface area (Å²) in [5, 5.41) is 8.83. The van der Waals surface area contributed by atoms with Gasteiger partial charge in [0.15, 0.2) is 0 Å². The lowest BCUT2D eigenvalue weighted by Gasteiger charge is -2.27. The molecule has 0 aromatic heterocycles. The predicted octanol–water partition coefficient (Wildman–Crippen LogP) is 4.00. The number of amides is 2. The number of carbonyl (C=O) groups is 3. The summed E-state index contributed by atoms with van der Waals surface area (Å²) in [7, 11) is -2.18. The van der Waals surface area contributed by atoms with E-state index in [1.807, 2.05) is 84.9 Å².